The minimum absolute atomic E-state index is 0. The van der Waals surface area contributed by atoms with Crippen molar-refractivity contribution in [2.24, 2.45) is 0 Å². The van der Waals surface area contributed by atoms with Crippen LogP contribution in [0.15, 0.2) is 153 Å². The van der Waals surface area contributed by atoms with E-state index in [0.717, 1.165) is 48.5 Å². The van der Waals surface area contributed by atoms with Gasteiger partial charge in [0.2, 0.25) is 0 Å². The molecule has 0 saturated heterocycles. The molecule has 0 spiro atoms. The van der Waals surface area contributed by atoms with Crippen molar-refractivity contribution in [2.75, 3.05) is 31.9 Å². The molecule has 2 aromatic heterocycles. The summed E-state index contributed by atoms with van der Waals surface area (Å²) in [6, 6.07) is 24.5. The number of anilines is 6. The number of nitrogens with one attached hydrogen (secondary N) is 6. The molecule has 10 rings (SSSR count). The van der Waals surface area contributed by atoms with Gasteiger partial charge in [-0.3, -0.25) is 37.4 Å². The summed E-state index contributed by atoms with van der Waals surface area (Å²) in [6.07, 6.45) is 5.73. The van der Waals surface area contributed by atoms with Crippen LogP contribution >= 0.6 is 0 Å². The Kier molecular flexibility index (Phi) is 17.5. The first kappa shape index (κ1) is 61.3. The van der Waals surface area contributed by atoms with E-state index < -0.39 is 101 Å². The van der Waals surface area contributed by atoms with E-state index in [2.05, 4.69) is 31.9 Å². The number of aromatic nitrogens is 2. The van der Waals surface area contributed by atoms with Gasteiger partial charge in [0.25, 0.3) is 64.1 Å². The van der Waals surface area contributed by atoms with E-state index in [1.807, 2.05) is 0 Å². The number of amides is 6. The molecule has 8 aromatic rings. The first-order valence-electron chi connectivity index (χ1n) is 23.7. The molecular weight excluding hydrogens is 1170 g/mol. The Hall–Kier alpha value is -6.81. The number of carbonyl (C=O) groups excluding carboxylic acids is 5. The zero-order chi connectivity index (χ0) is 57.2. The fourth-order valence-corrected chi connectivity index (χ4v) is 12.2. The Morgan fingerprint density at radius 2 is 0.756 bits per heavy atom. The van der Waals surface area contributed by atoms with Gasteiger partial charge in [0.05, 0.1) is 22.7 Å². The molecule has 0 radical (unpaired) electrons. The summed E-state index contributed by atoms with van der Waals surface area (Å²) in [6.45, 7) is 0. The van der Waals surface area contributed by atoms with Crippen LogP contribution in [0.25, 0.3) is 21.5 Å². The third kappa shape index (κ3) is 13.3. The van der Waals surface area contributed by atoms with Gasteiger partial charge in [-0.25, -0.2) is 4.79 Å². The van der Waals surface area contributed by atoms with Crippen molar-refractivity contribution < 1.29 is 75.9 Å². The van der Waals surface area contributed by atoms with E-state index in [1.54, 1.807) is 9.13 Å². The van der Waals surface area contributed by atoms with Gasteiger partial charge in [0.15, 0.2) is 0 Å². The van der Waals surface area contributed by atoms with Gasteiger partial charge < -0.3 is 41.0 Å². The molecule has 6 amide bonds. The van der Waals surface area contributed by atoms with E-state index in [0.29, 0.717) is 25.7 Å². The molecule has 0 atom stereocenters. The molecule has 2 aliphatic rings. The van der Waals surface area contributed by atoms with Gasteiger partial charge in [-0.1, -0.05) is 48.5 Å². The molecule has 2 saturated carbocycles. The Morgan fingerprint density at radius 1 is 0.390 bits per heavy atom. The van der Waals surface area contributed by atoms with Crippen LogP contribution in [-0.2, 0) is 40.5 Å². The minimum atomic E-state index is -5.11. The quantitative estimate of drug-likeness (QED) is 0.0359. The van der Waals surface area contributed by atoms with Gasteiger partial charge in [0.1, 0.15) is 31.0 Å². The fourth-order valence-electron chi connectivity index (χ4n) is 9.12. The molecule has 2 fully saturated rings. The summed E-state index contributed by atoms with van der Waals surface area (Å²) in [5.41, 5.74) is 0.0393. The van der Waals surface area contributed by atoms with Crippen molar-refractivity contribution in [3.63, 3.8) is 0 Å². The van der Waals surface area contributed by atoms with Crippen LogP contribution in [0.5, 0.6) is 0 Å². The second-order valence-corrected chi connectivity index (χ2v) is 24.0. The van der Waals surface area contributed by atoms with Crippen LogP contribution in [0.3, 0.4) is 0 Å². The third-order valence-corrected chi connectivity index (χ3v) is 16.6. The number of urea groups is 1. The molecule has 31 heteroatoms. The van der Waals surface area contributed by atoms with Crippen molar-refractivity contribution in [2.45, 2.75) is 57.3 Å². The number of hydrogen-bond donors (Lipinski definition) is 10. The second-order valence-electron chi connectivity index (χ2n) is 18.5. The number of nitrogens with zero attached hydrogens (tertiary/aromatic N) is 2. The molecule has 6 aromatic carbocycles. The average molecular weight is 1220 g/mol. The van der Waals surface area contributed by atoms with Crippen LogP contribution in [0, 0.1) is 0 Å². The number of benzene rings is 6. The number of rotatable bonds is 16. The molecule has 2 heterocycles. The fraction of sp³-hybridized carbons (Fsp3) is 0.118. The maximum absolute atomic E-state index is 13.8. The average Bonchev–Trinajstić information content (AvgIpc) is 4.54. The standard InChI is InChI=1S/C51H42N8O17S4.2Na.2H/c60-47(52-31-23-41(58(25-31)33-13-14-33)49(62)56-39-19-17-35-37(45(39)79(71,72)73)9-3-11-43(35)77(65,66)67)27-5-1-7-29(21-27)54-51(64)55-30-8-2-6-28(22-30)48(61)53-32-24-42(59(26-32)34-15-16-34)50(63)57-40-20-18-36-38(46(40)80(74,75)76)10-4-12-44(36)78(68,69)70;;;;/h1-12,17-26,33-34H,13-16H2,(H,52,60)(H,53,61)(H,56,62)(H,57,63)(H2,54,55,64)(H,65,66,67)(H,68,69,70)(H,71,72,73)(H,74,75,76);;;;. The third-order valence-electron chi connectivity index (χ3n) is 12.8. The summed E-state index contributed by atoms with van der Waals surface area (Å²) < 4.78 is 142. The predicted molar refractivity (Wildman–Crippen MR) is 304 cm³/mol. The van der Waals surface area contributed by atoms with Gasteiger partial charge in [0, 0.05) is 68.5 Å². The van der Waals surface area contributed by atoms with Crippen LogP contribution < -0.4 is 31.9 Å². The van der Waals surface area contributed by atoms with E-state index in [9.17, 15) is 75.9 Å². The summed E-state index contributed by atoms with van der Waals surface area (Å²) in [5.74, 6) is -2.99. The first-order chi connectivity index (χ1) is 37.7. The SMILES string of the molecule is O=C(Nc1cccc(C(=O)Nc2cc(C(=O)Nc3ccc4c(S(=O)(=O)O)cccc4c3S(=O)(=O)O)n(C3CC3)c2)c1)Nc1cccc(C(=O)Nc2cc(C(=O)Nc3ccc4c(S(=O)(=O)O)cccc4c3S(=O)(=O)O)n(C3CC3)c2)c1.[NaH].[NaH]. The number of carbonyl (C=O) groups is 5. The van der Waals surface area contributed by atoms with Crippen LogP contribution in [0.4, 0.5) is 38.9 Å². The monoisotopic (exact) mass is 1210 g/mol. The molecule has 0 unspecified atom stereocenters. The predicted octanol–water partition coefficient (Wildman–Crippen LogP) is 6.61. The summed E-state index contributed by atoms with van der Waals surface area (Å²) >= 11 is 0. The van der Waals surface area contributed by atoms with Crippen LogP contribution in [0.1, 0.15) is 79.5 Å². The molecular formula is C51H44N8Na2O17S4. The van der Waals surface area contributed by atoms with Gasteiger partial charge >= 0.3 is 65.1 Å². The Labute approximate surface area is 510 Å². The first-order valence-corrected chi connectivity index (χ1v) is 29.5. The van der Waals surface area contributed by atoms with E-state index in [1.165, 1.54) is 85.2 Å². The Balaban J connectivity index is 0.00000440. The van der Waals surface area contributed by atoms with Crippen molar-refractivity contribution in [1.82, 2.24) is 9.13 Å². The Morgan fingerprint density at radius 3 is 1.10 bits per heavy atom. The molecule has 10 N–H and O–H groups in total. The van der Waals surface area contributed by atoms with Crippen LogP contribution in [-0.4, -0.2) is 150 Å². The van der Waals surface area contributed by atoms with E-state index in [-0.39, 0.29) is 138 Å². The van der Waals surface area contributed by atoms with Crippen molar-refractivity contribution >= 4 is 185 Å². The second kappa shape index (κ2) is 23.4. The molecule has 416 valence electrons. The maximum atomic E-state index is 13.8. The van der Waals surface area contributed by atoms with Crippen molar-refractivity contribution in [3.05, 3.63) is 156 Å². The van der Waals surface area contributed by atoms with Gasteiger partial charge in [-0.15, -0.1) is 0 Å². The molecule has 0 bridgehead atoms. The van der Waals surface area contributed by atoms with Crippen molar-refractivity contribution in [3.8, 4) is 0 Å². The van der Waals surface area contributed by atoms with E-state index in [4.69, 9.17) is 0 Å². The van der Waals surface area contributed by atoms with Crippen molar-refractivity contribution in [1.29, 1.82) is 0 Å². The Bertz CT molecular complexity index is 4190. The van der Waals surface area contributed by atoms with Gasteiger partial charge in [-0.2, -0.15) is 33.7 Å². The summed E-state index contributed by atoms with van der Waals surface area (Å²) in [4.78, 5) is 65.1. The van der Waals surface area contributed by atoms with Crippen LogP contribution in [0.2, 0.25) is 0 Å². The van der Waals surface area contributed by atoms with E-state index >= 15 is 0 Å². The summed E-state index contributed by atoms with van der Waals surface area (Å²) in [7, 11) is -19.9. The molecule has 82 heavy (non-hydrogen) atoms. The summed E-state index contributed by atoms with van der Waals surface area (Å²) in [5, 5.41) is 14.5. The molecule has 2 aliphatic carbocycles. The normalized spacial score (nSPS) is 13.5. The zero-order valence-electron chi connectivity index (χ0n) is 40.8. The number of fused-ring (bicyclic) bond motifs is 2. The zero-order valence-corrected chi connectivity index (χ0v) is 44.1. The number of hydrogen-bond acceptors (Lipinski definition) is 13. The molecule has 25 nitrogen and oxygen atoms in total. The van der Waals surface area contributed by atoms with Gasteiger partial charge in [-0.05, 0) is 98.5 Å². The molecule has 0 aliphatic heterocycles. The topological polar surface area (TPSA) is 385 Å².